The lowest BCUT2D eigenvalue weighted by Gasteiger charge is -2.12. The number of fused-ring (bicyclic) bond motifs is 1. The molecule has 0 aliphatic heterocycles. The maximum absolute atomic E-state index is 12.7. The summed E-state index contributed by atoms with van der Waals surface area (Å²) in [7, 11) is 0. The minimum Gasteiger partial charge on any atom is -0.494 e. The number of aromatic nitrogens is 2. The molecule has 8 heteroatoms. The van der Waals surface area contributed by atoms with Gasteiger partial charge in [-0.2, -0.15) is 5.26 Å². The lowest BCUT2D eigenvalue weighted by molar-refractivity contribution is -0.115. The summed E-state index contributed by atoms with van der Waals surface area (Å²) in [6.07, 6.45) is 2.99. The molecule has 0 spiro atoms. The number of pyridine rings is 1. The fourth-order valence-corrected chi connectivity index (χ4v) is 4.60. The van der Waals surface area contributed by atoms with Crippen LogP contribution in [0.15, 0.2) is 35.4 Å². The van der Waals surface area contributed by atoms with Crippen LogP contribution in [-0.4, -0.2) is 27.7 Å². The standard InChI is InChI=1S/C22H24N4O2S2/c1-4-6-7-16-9-8-15(13-23)21(24-16)29-14(3)20(27)26-22-25-18-11-10-17(28-5-2)12-19(18)30-22/h8-12,14H,4-7H2,1-3H3,(H,25,26,27). The largest absolute Gasteiger partial charge is 0.494 e. The molecule has 0 fully saturated rings. The molecule has 0 radical (unpaired) electrons. The smallest absolute Gasteiger partial charge is 0.239 e. The third-order valence-corrected chi connectivity index (χ3v) is 6.42. The van der Waals surface area contributed by atoms with Gasteiger partial charge in [-0.25, -0.2) is 9.97 Å². The Bertz CT molecular complexity index is 1070. The Balaban J connectivity index is 1.70. The van der Waals surface area contributed by atoms with Gasteiger partial charge in [-0.1, -0.05) is 36.4 Å². The zero-order valence-corrected chi connectivity index (χ0v) is 18.9. The van der Waals surface area contributed by atoms with Gasteiger partial charge in [-0.05, 0) is 57.0 Å². The normalized spacial score (nSPS) is 11.8. The number of carbonyl (C=O) groups is 1. The van der Waals surface area contributed by atoms with E-state index in [2.05, 4.69) is 28.3 Å². The number of thiazole rings is 1. The highest BCUT2D eigenvalue weighted by atomic mass is 32.2. The number of hydrogen-bond acceptors (Lipinski definition) is 7. The minimum absolute atomic E-state index is 0.172. The molecule has 3 aromatic rings. The summed E-state index contributed by atoms with van der Waals surface area (Å²) in [6.45, 7) is 6.47. The maximum Gasteiger partial charge on any atom is 0.239 e. The first-order chi connectivity index (χ1) is 14.5. The zero-order chi connectivity index (χ0) is 21.5. The molecule has 0 aliphatic carbocycles. The Morgan fingerprint density at radius 1 is 1.30 bits per heavy atom. The SMILES string of the molecule is CCCCc1ccc(C#N)c(SC(C)C(=O)Nc2nc3ccc(OCC)cc3s2)n1. The van der Waals surface area contributed by atoms with Crippen LogP contribution in [-0.2, 0) is 11.2 Å². The molecule has 0 saturated heterocycles. The fraction of sp³-hybridized carbons (Fsp3) is 0.364. The van der Waals surface area contributed by atoms with Crippen LogP contribution in [0, 0.1) is 11.3 Å². The number of unbranched alkanes of at least 4 members (excludes halogenated alkanes) is 1. The number of benzene rings is 1. The molecule has 0 bridgehead atoms. The molecule has 1 atom stereocenters. The topological polar surface area (TPSA) is 87.9 Å². The zero-order valence-electron chi connectivity index (χ0n) is 17.3. The van der Waals surface area contributed by atoms with Crippen LogP contribution in [0.25, 0.3) is 10.2 Å². The highest BCUT2D eigenvalue weighted by Crippen LogP contribution is 2.31. The molecular weight excluding hydrogens is 416 g/mol. The molecule has 156 valence electrons. The van der Waals surface area contributed by atoms with Crippen LogP contribution >= 0.6 is 23.1 Å². The van der Waals surface area contributed by atoms with Gasteiger partial charge < -0.3 is 10.1 Å². The van der Waals surface area contributed by atoms with Gasteiger partial charge in [0.2, 0.25) is 5.91 Å². The fourth-order valence-electron chi connectivity index (χ4n) is 2.79. The summed E-state index contributed by atoms with van der Waals surface area (Å²) in [5.74, 6) is 0.613. The number of thioether (sulfide) groups is 1. The number of nitrogens with one attached hydrogen (secondary N) is 1. The van der Waals surface area contributed by atoms with Gasteiger partial charge in [0.15, 0.2) is 5.13 Å². The van der Waals surface area contributed by atoms with Gasteiger partial charge in [0.1, 0.15) is 16.8 Å². The number of nitrogens with zero attached hydrogens (tertiary/aromatic N) is 3. The van der Waals surface area contributed by atoms with Crippen molar-refractivity contribution in [1.82, 2.24) is 9.97 Å². The van der Waals surface area contributed by atoms with E-state index < -0.39 is 5.25 Å². The van der Waals surface area contributed by atoms with E-state index in [1.165, 1.54) is 23.1 Å². The van der Waals surface area contributed by atoms with E-state index in [1.54, 1.807) is 6.07 Å². The molecule has 2 heterocycles. The molecule has 0 aliphatic rings. The number of amides is 1. The van der Waals surface area contributed by atoms with Gasteiger partial charge >= 0.3 is 0 Å². The molecule has 1 unspecified atom stereocenters. The van der Waals surface area contributed by atoms with Crippen molar-refractivity contribution in [3.8, 4) is 11.8 Å². The summed E-state index contributed by atoms with van der Waals surface area (Å²) in [4.78, 5) is 21.8. The predicted molar refractivity (Wildman–Crippen MR) is 122 cm³/mol. The summed E-state index contributed by atoms with van der Waals surface area (Å²) < 4.78 is 6.47. The minimum atomic E-state index is -0.419. The van der Waals surface area contributed by atoms with E-state index in [0.29, 0.717) is 22.3 Å². The van der Waals surface area contributed by atoms with E-state index in [1.807, 2.05) is 38.1 Å². The number of hydrogen-bond donors (Lipinski definition) is 1. The van der Waals surface area contributed by atoms with Crippen LogP contribution in [0.2, 0.25) is 0 Å². The Hall–Kier alpha value is -2.63. The Morgan fingerprint density at radius 2 is 2.13 bits per heavy atom. The van der Waals surface area contributed by atoms with Crippen LogP contribution in [0.4, 0.5) is 5.13 Å². The molecule has 6 nitrogen and oxygen atoms in total. The van der Waals surface area contributed by atoms with Crippen LogP contribution in [0.3, 0.4) is 0 Å². The second-order valence-corrected chi connectivity index (χ2v) is 9.06. The number of anilines is 1. The highest BCUT2D eigenvalue weighted by molar-refractivity contribution is 8.00. The summed E-state index contributed by atoms with van der Waals surface area (Å²) in [5, 5.41) is 13.0. The Morgan fingerprint density at radius 3 is 2.87 bits per heavy atom. The average Bonchev–Trinajstić information content (AvgIpc) is 3.14. The molecule has 1 amide bonds. The number of aryl methyl sites for hydroxylation is 1. The number of nitriles is 1. The molecule has 1 aromatic carbocycles. The third kappa shape index (κ3) is 5.49. The molecular formula is C22H24N4O2S2. The number of ether oxygens (including phenoxy) is 1. The number of rotatable bonds is 9. The van der Waals surface area contributed by atoms with Crippen LogP contribution < -0.4 is 10.1 Å². The van der Waals surface area contributed by atoms with Crippen molar-refractivity contribution in [2.75, 3.05) is 11.9 Å². The number of carbonyl (C=O) groups excluding carboxylic acids is 1. The van der Waals surface area contributed by atoms with E-state index in [0.717, 1.165) is 40.9 Å². The summed E-state index contributed by atoms with van der Waals surface area (Å²) in [5.41, 5.74) is 2.25. The van der Waals surface area contributed by atoms with E-state index >= 15 is 0 Å². The molecule has 30 heavy (non-hydrogen) atoms. The van der Waals surface area contributed by atoms with E-state index in [9.17, 15) is 10.1 Å². The highest BCUT2D eigenvalue weighted by Gasteiger charge is 2.19. The average molecular weight is 441 g/mol. The van der Waals surface area contributed by atoms with Crippen LogP contribution in [0.5, 0.6) is 5.75 Å². The van der Waals surface area contributed by atoms with E-state index in [-0.39, 0.29) is 5.91 Å². The van der Waals surface area contributed by atoms with Crippen molar-refractivity contribution in [2.45, 2.75) is 50.3 Å². The first-order valence-corrected chi connectivity index (χ1v) is 11.6. The first-order valence-electron chi connectivity index (χ1n) is 9.95. The van der Waals surface area contributed by atoms with Gasteiger partial charge in [0.05, 0.1) is 27.6 Å². The third-order valence-electron chi connectivity index (χ3n) is 4.38. The quantitative estimate of drug-likeness (QED) is 0.447. The maximum atomic E-state index is 12.7. The van der Waals surface area contributed by atoms with Crippen molar-refractivity contribution in [3.05, 3.63) is 41.6 Å². The molecule has 0 saturated carbocycles. The van der Waals surface area contributed by atoms with E-state index in [4.69, 9.17) is 4.74 Å². The molecule has 2 aromatic heterocycles. The summed E-state index contributed by atoms with van der Waals surface area (Å²) >= 11 is 2.71. The first kappa shape index (κ1) is 22.1. The lowest BCUT2D eigenvalue weighted by atomic mass is 10.2. The lowest BCUT2D eigenvalue weighted by Crippen LogP contribution is -2.22. The predicted octanol–water partition coefficient (Wildman–Crippen LogP) is 5.42. The molecule has 1 N–H and O–H groups in total. The monoisotopic (exact) mass is 440 g/mol. The van der Waals surface area contributed by atoms with Gasteiger partial charge in [0, 0.05) is 5.69 Å². The second kappa shape index (κ2) is 10.4. The second-order valence-electron chi connectivity index (χ2n) is 6.70. The van der Waals surface area contributed by atoms with Gasteiger partial charge in [0.25, 0.3) is 0 Å². The Kier molecular flexibility index (Phi) is 7.66. The summed E-state index contributed by atoms with van der Waals surface area (Å²) in [6, 6.07) is 11.5. The molecule has 3 rings (SSSR count). The van der Waals surface area contributed by atoms with Gasteiger partial charge in [-0.15, -0.1) is 0 Å². The van der Waals surface area contributed by atoms with Crippen molar-refractivity contribution in [1.29, 1.82) is 5.26 Å². The van der Waals surface area contributed by atoms with Gasteiger partial charge in [-0.3, -0.25) is 4.79 Å². The van der Waals surface area contributed by atoms with Crippen molar-refractivity contribution < 1.29 is 9.53 Å². The van der Waals surface area contributed by atoms with Crippen molar-refractivity contribution >= 4 is 44.4 Å². The van der Waals surface area contributed by atoms with Crippen molar-refractivity contribution in [3.63, 3.8) is 0 Å². The Labute approximate surface area is 184 Å². The van der Waals surface area contributed by atoms with Crippen LogP contribution in [0.1, 0.15) is 44.9 Å². The van der Waals surface area contributed by atoms with Crippen molar-refractivity contribution in [2.24, 2.45) is 0 Å².